The maximum absolute atomic E-state index is 12.9. The van der Waals surface area contributed by atoms with Gasteiger partial charge in [0.2, 0.25) is 5.89 Å². The normalized spacial score (nSPS) is 16.1. The molecular weight excluding hydrogens is 410 g/mol. The molecule has 1 aromatic heterocycles. The molecule has 1 fully saturated rings. The van der Waals surface area contributed by atoms with Crippen LogP contribution in [0.3, 0.4) is 0 Å². The second kappa shape index (κ2) is 8.08. The van der Waals surface area contributed by atoms with E-state index in [1.807, 2.05) is 30.3 Å². The Morgan fingerprint density at radius 1 is 1.13 bits per heavy atom. The molecule has 6 heteroatoms. The van der Waals surface area contributed by atoms with Crippen molar-refractivity contribution in [1.82, 2.24) is 9.88 Å². The van der Waals surface area contributed by atoms with Gasteiger partial charge in [-0.15, -0.1) is 0 Å². The van der Waals surface area contributed by atoms with Crippen molar-refractivity contribution in [2.24, 2.45) is 0 Å². The maximum Gasteiger partial charge on any atom is 0.322 e. The number of likely N-dealkylation sites (tertiary alicyclic amines) is 1. The van der Waals surface area contributed by atoms with Crippen LogP contribution in [0.15, 0.2) is 71.1 Å². The highest BCUT2D eigenvalue weighted by atomic mass is 35.5. The molecule has 2 amide bonds. The molecule has 0 unspecified atom stereocenters. The Morgan fingerprint density at radius 2 is 2.00 bits per heavy atom. The van der Waals surface area contributed by atoms with Gasteiger partial charge < -0.3 is 14.6 Å². The summed E-state index contributed by atoms with van der Waals surface area (Å²) in [5.74, 6) is 0.579. The van der Waals surface area contributed by atoms with Crippen molar-refractivity contribution in [2.45, 2.75) is 25.8 Å². The van der Waals surface area contributed by atoms with Crippen LogP contribution in [0.1, 0.15) is 30.3 Å². The van der Waals surface area contributed by atoms with Crippen LogP contribution in [0.5, 0.6) is 0 Å². The minimum Gasteiger partial charge on any atom is -0.438 e. The Balaban J connectivity index is 1.41. The number of carbonyl (C=O) groups is 1. The standard InChI is InChI=1S/C25H22ClN3O2/c1-16-6-2-3-9-20(16)17-11-12-23-21(14-17)28-24(31-23)22-10-5-13-29(22)25(30)27-19-8-4-7-18(26)15-19/h2-4,6-9,11-12,14-15,22H,5,10,13H2,1H3,(H,27,30)/t22-/m1/s1. The second-order valence-electron chi connectivity index (χ2n) is 7.84. The quantitative estimate of drug-likeness (QED) is 0.387. The summed E-state index contributed by atoms with van der Waals surface area (Å²) >= 11 is 6.03. The van der Waals surface area contributed by atoms with Crippen LogP contribution < -0.4 is 5.32 Å². The minimum absolute atomic E-state index is 0.173. The van der Waals surface area contributed by atoms with Gasteiger partial charge in [0, 0.05) is 17.3 Å². The molecular formula is C25H22ClN3O2. The molecule has 1 aliphatic rings. The molecule has 0 radical (unpaired) electrons. The summed E-state index contributed by atoms with van der Waals surface area (Å²) in [5, 5.41) is 3.51. The van der Waals surface area contributed by atoms with Crippen LogP contribution in [0.4, 0.5) is 10.5 Å². The molecule has 1 N–H and O–H groups in total. The molecule has 2 heterocycles. The number of aryl methyl sites for hydroxylation is 1. The number of amides is 2. The summed E-state index contributed by atoms with van der Waals surface area (Å²) < 4.78 is 6.07. The Hall–Kier alpha value is -3.31. The van der Waals surface area contributed by atoms with Crippen molar-refractivity contribution in [3.63, 3.8) is 0 Å². The van der Waals surface area contributed by atoms with Crippen LogP contribution in [-0.4, -0.2) is 22.5 Å². The summed E-state index contributed by atoms with van der Waals surface area (Å²) in [4.78, 5) is 19.4. The first-order chi connectivity index (χ1) is 15.1. The van der Waals surface area contributed by atoms with E-state index in [9.17, 15) is 4.79 Å². The number of nitrogens with zero attached hydrogens (tertiary/aromatic N) is 2. The number of anilines is 1. The van der Waals surface area contributed by atoms with Gasteiger partial charge in [-0.05, 0) is 66.8 Å². The van der Waals surface area contributed by atoms with Gasteiger partial charge >= 0.3 is 6.03 Å². The number of rotatable bonds is 3. The highest BCUT2D eigenvalue weighted by Crippen LogP contribution is 2.35. The maximum atomic E-state index is 12.9. The smallest absolute Gasteiger partial charge is 0.322 e. The molecule has 0 bridgehead atoms. The third-order valence-corrected chi connectivity index (χ3v) is 5.97. The number of benzene rings is 3. The zero-order valence-electron chi connectivity index (χ0n) is 17.1. The molecule has 1 saturated heterocycles. The number of fused-ring (bicyclic) bond motifs is 1. The zero-order valence-corrected chi connectivity index (χ0v) is 17.9. The minimum atomic E-state index is -0.187. The van der Waals surface area contributed by atoms with Gasteiger partial charge in [-0.3, -0.25) is 0 Å². The van der Waals surface area contributed by atoms with E-state index in [1.165, 1.54) is 11.1 Å². The van der Waals surface area contributed by atoms with Crippen LogP contribution in [0.25, 0.3) is 22.2 Å². The first-order valence-corrected chi connectivity index (χ1v) is 10.8. The van der Waals surface area contributed by atoms with Crippen LogP contribution in [0.2, 0.25) is 5.02 Å². The first kappa shape index (κ1) is 19.6. The summed E-state index contributed by atoms with van der Waals surface area (Å²) in [7, 11) is 0. The summed E-state index contributed by atoms with van der Waals surface area (Å²) in [6.45, 7) is 2.76. The number of carbonyl (C=O) groups excluding carboxylic acids is 1. The summed E-state index contributed by atoms with van der Waals surface area (Å²) in [5.41, 5.74) is 5.70. The Morgan fingerprint density at radius 3 is 2.84 bits per heavy atom. The van der Waals surface area contributed by atoms with E-state index in [0.717, 1.165) is 29.5 Å². The van der Waals surface area contributed by atoms with Crippen molar-refractivity contribution in [2.75, 3.05) is 11.9 Å². The van der Waals surface area contributed by atoms with Crippen molar-refractivity contribution < 1.29 is 9.21 Å². The SMILES string of the molecule is Cc1ccccc1-c1ccc2oc([C@H]3CCCN3C(=O)Nc3cccc(Cl)c3)nc2c1. The lowest BCUT2D eigenvalue weighted by Gasteiger charge is -2.22. The molecule has 5 rings (SSSR count). The van der Waals surface area contributed by atoms with Crippen molar-refractivity contribution >= 4 is 34.4 Å². The van der Waals surface area contributed by atoms with E-state index in [-0.39, 0.29) is 12.1 Å². The molecule has 0 spiro atoms. The van der Waals surface area contributed by atoms with Crippen molar-refractivity contribution in [3.8, 4) is 11.1 Å². The molecule has 4 aromatic rings. The highest BCUT2D eigenvalue weighted by molar-refractivity contribution is 6.30. The van der Waals surface area contributed by atoms with E-state index in [2.05, 4.69) is 36.5 Å². The van der Waals surface area contributed by atoms with E-state index in [1.54, 1.807) is 17.0 Å². The molecule has 31 heavy (non-hydrogen) atoms. The first-order valence-electron chi connectivity index (χ1n) is 10.4. The van der Waals surface area contributed by atoms with Gasteiger partial charge in [-0.2, -0.15) is 0 Å². The predicted octanol–water partition coefficient (Wildman–Crippen LogP) is 6.83. The monoisotopic (exact) mass is 431 g/mol. The van der Waals surface area contributed by atoms with E-state index in [4.69, 9.17) is 21.0 Å². The van der Waals surface area contributed by atoms with Gasteiger partial charge in [0.25, 0.3) is 0 Å². The van der Waals surface area contributed by atoms with Gasteiger partial charge in [0.15, 0.2) is 5.58 Å². The topological polar surface area (TPSA) is 58.4 Å². The summed E-state index contributed by atoms with van der Waals surface area (Å²) in [6, 6.07) is 21.1. The largest absolute Gasteiger partial charge is 0.438 e. The van der Waals surface area contributed by atoms with Gasteiger partial charge in [0.1, 0.15) is 11.6 Å². The number of hydrogen-bond acceptors (Lipinski definition) is 3. The fourth-order valence-corrected chi connectivity index (χ4v) is 4.37. The lowest BCUT2D eigenvalue weighted by molar-refractivity contribution is 0.199. The number of nitrogens with one attached hydrogen (secondary N) is 1. The number of hydrogen-bond donors (Lipinski definition) is 1. The molecule has 5 nitrogen and oxygen atoms in total. The fourth-order valence-electron chi connectivity index (χ4n) is 4.18. The lowest BCUT2D eigenvalue weighted by Crippen LogP contribution is -2.34. The van der Waals surface area contributed by atoms with Gasteiger partial charge in [0.05, 0.1) is 0 Å². The van der Waals surface area contributed by atoms with Crippen LogP contribution >= 0.6 is 11.6 Å². The Kier molecular flexibility index (Phi) is 5.12. The molecule has 156 valence electrons. The number of aromatic nitrogens is 1. The molecule has 3 aromatic carbocycles. The van der Waals surface area contributed by atoms with Gasteiger partial charge in [-0.25, -0.2) is 9.78 Å². The molecule has 0 aliphatic carbocycles. The average molecular weight is 432 g/mol. The number of oxazole rings is 1. The number of halogens is 1. The number of urea groups is 1. The third-order valence-electron chi connectivity index (χ3n) is 5.73. The van der Waals surface area contributed by atoms with Gasteiger partial charge in [-0.1, -0.05) is 48.0 Å². The second-order valence-corrected chi connectivity index (χ2v) is 8.28. The van der Waals surface area contributed by atoms with E-state index in [0.29, 0.717) is 23.1 Å². The summed E-state index contributed by atoms with van der Waals surface area (Å²) in [6.07, 6.45) is 1.72. The lowest BCUT2D eigenvalue weighted by atomic mass is 10.0. The van der Waals surface area contributed by atoms with Crippen LogP contribution in [0, 0.1) is 6.92 Å². The van der Waals surface area contributed by atoms with Crippen LogP contribution in [-0.2, 0) is 0 Å². The highest BCUT2D eigenvalue weighted by Gasteiger charge is 2.33. The molecule has 1 aliphatic heterocycles. The third kappa shape index (κ3) is 3.89. The Bertz CT molecular complexity index is 1270. The van der Waals surface area contributed by atoms with E-state index < -0.39 is 0 Å². The zero-order chi connectivity index (χ0) is 21.4. The van der Waals surface area contributed by atoms with Crippen molar-refractivity contribution in [1.29, 1.82) is 0 Å². The predicted molar refractivity (Wildman–Crippen MR) is 123 cm³/mol. The van der Waals surface area contributed by atoms with E-state index >= 15 is 0 Å². The fraction of sp³-hybridized carbons (Fsp3) is 0.200. The molecule has 1 atom stereocenters. The Labute approximate surface area is 185 Å². The average Bonchev–Trinajstić information content (AvgIpc) is 3.40. The van der Waals surface area contributed by atoms with Crippen molar-refractivity contribution in [3.05, 3.63) is 83.2 Å². The molecule has 0 saturated carbocycles.